The van der Waals surface area contributed by atoms with Crippen LogP contribution in [0.5, 0.6) is 0 Å². The number of rotatable bonds is 4. The molecule has 0 aliphatic rings. The summed E-state index contributed by atoms with van der Waals surface area (Å²) in [5, 5.41) is 10.6. The second kappa shape index (κ2) is 6.66. The molecule has 1 aromatic rings. The van der Waals surface area contributed by atoms with Crippen molar-refractivity contribution in [2.45, 2.75) is 12.6 Å². The van der Waals surface area contributed by atoms with Crippen LogP contribution in [0.2, 0.25) is 5.02 Å². The number of carbonyl (C=O) groups excluding carboxylic acids is 1. The molecule has 0 atom stereocenters. The molecule has 0 aliphatic heterocycles. The van der Waals surface area contributed by atoms with Crippen molar-refractivity contribution in [3.63, 3.8) is 0 Å². The summed E-state index contributed by atoms with van der Waals surface area (Å²) in [7, 11) is 1.27. The lowest BCUT2D eigenvalue weighted by atomic mass is 10.1. The minimum atomic E-state index is -4.65. The van der Waals surface area contributed by atoms with Crippen LogP contribution in [-0.4, -0.2) is 35.6 Å². The van der Waals surface area contributed by atoms with Crippen LogP contribution < -0.4 is 5.32 Å². The molecule has 9 heteroatoms. The van der Waals surface area contributed by atoms with Gasteiger partial charge in [-0.2, -0.15) is 13.2 Å². The van der Waals surface area contributed by atoms with Crippen molar-refractivity contribution in [1.29, 1.82) is 0 Å². The average Bonchev–Trinajstić information content (AvgIpc) is 2.34. The summed E-state index contributed by atoms with van der Waals surface area (Å²) in [5.74, 6) is -1.12. The van der Waals surface area contributed by atoms with Gasteiger partial charge in [0.2, 0.25) is 0 Å². The first kappa shape index (κ1) is 17.1. The largest absolute Gasteiger partial charge is 0.481 e. The lowest BCUT2D eigenvalue weighted by Gasteiger charge is -2.19. The second-order valence-electron chi connectivity index (χ2n) is 4.18. The molecule has 0 radical (unpaired) electrons. The zero-order valence-corrected chi connectivity index (χ0v) is 11.6. The third kappa shape index (κ3) is 5.14. The lowest BCUT2D eigenvalue weighted by Crippen LogP contribution is -2.33. The zero-order valence-electron chi connectivity index (χ0n) is 10.9. The van der Waals surface area contributed by atoms with E-state index in [0.29, 0.717) is 0 Å². The van der Waals surface area contributed by atoms with Gasteiger partial charge in [0, 0.05) is 18.6 Å². The summed E-state index contributed by atoms with van der Waals surface area (Å²) in [6.07, 6.45) is -4.96. The molecule has 0 unspecified atom stereocenters. The van der Waals surface area contributed by atoms with E-state index in [4.69, 9.17) is 16.7 Å². The van der Waals surface area contributed by atoms with Crippen LogP contribution in [-0.2, 0) is 11.0 Å². The highest BCUT2D eigenvalue weighted by Gasteiger charge is 2.34. The van der Waals surface area contributed by atoms with E-state index in [-0.39, 0.29) is 18.0 Å². The third-order valence-electron chi connectivity index (χ3n) is 2.54. The van der Waals surface area contributed by atoms with Crippen LogP contribution in [0.25, 0.3) is 0 Å². The smallest absolute Gasteiger partial charge is 0.418 e. The number of carboxylic acid groups (broad SMARTS) is 1. The number of hydrogen-bond donors (Lipinski definition) is 2. The molecule has 5 nitrogen and oxygen atoms in total. The molecule has 0 aliphatic carbocycles. The topological polar surface area (TPSA) is 69.6 Å². The molecule has 0 aromatic heterocycles. The van der Waals surface area contributed by atoms with Crippen molar-refractivity contribution in [1.82, 2.24) is 4.90 Å². The summed E-state index contributed by atoms with van der Waals surface area (Å²) < 4.78 is 38.4. The SMILES string of the molecule is CN(CCC(=O)O)C(=O)Nc1cc(Cl)ccc1C(F)(F)F. The van der Waals surface area contributed by atoms with Crippen LogP contribution in [0.4, 0.5) is 23.7 Å². The Hall–Kier alpha value is -1.96. The van der Waals surface area contributed by atoms with E-state index in [1.54, 1.807) is 0 Å². The van der Waals surface area contributed by atoms with Crippen LogP contribution >= 0.6 is 11.6 Å². The first-order chi connectivity index (χ1) is 9.61. The van der Waals surface area contributed by atoms with E-state index in [1.807, 2.05) is 0 Å². The van der Waals surface area contributed by atoms with Gasteiger partial charge in [0.1, 0.15) is 0 Å². The van der Waals surface area contributed by atoms with Gasteiger partial charge in [-0.15, -0.1) is 0 Å². The summed E-state index contributed by atoms with van der Waals surface area (Å²) in [6, 6.07) is 1.94. The molecule has 1 aromatic carbocycles. The number of nitrogens with one attached hydrogen (secondary N) is 1. The predicted octanol–water partition coefficient (Wildman–Crippen LogP) is 3.30. The number of carboxylic acids is 1. The van der Waals surface area contributed by atoms with Crippen LogP contribution in [0.3, 0.4) is 0 Å². The molecule has 1 rings (SSSR count). The predicted molar refractivity (Wildman–Crippen MR) is 70.4 cm³/mol. The number of carbonyl (C=O) groups is 2. The zero-order chi connectivity index (χ0) is 16.2. The number of benzene rings is 1. The fourth-order valence-corrected chi connectivity index (χ4v) is 1.61. The maximum absolute atomic E-state index is 12.8. The van der Waals surface area contributed by atoms with Gasteiger partial charge >= 0.3 is 18.2 Å². The van der Waals surface area contributed by atoms with Crippen molar-refractivity contribution in [2.75, 3.05) is 18.9 Å². The standard InChI is InChI=1S/C12H12ClF3N2O3/c1-18(5-4-10(19)20)11(21)17-9-6-7(13)2-3-8(9)12(14,15)16/h2-3,6H,4-5H2,1H3,(H,17,21)(H,19,20). The van der Waals surface area contributed by atoms with Gasteiger partial charge < -0.3 is 15.3 Å². The van der Waals surface area contributed by atoms with Gasteiger partial charge in [0.15, 0.2) is 0 Å². The minimum absolute atomic E-state index is 0.0338. The highest BCUT2D eigenvalue weighted by Crippen LogP contribution is 2.36. The Kier molecular flexibility index (Phi) is 5.42. The number of halogens is 4. The van der Waals surface area contributed by atoms with E-state index >= 15 is 0 Å². The maximum atomic E-state index is 12.8. The van der Waals surface area contributed by atoms with Gasteiger partial charge in [-0.1, -0.05) is 11.6 Å². The number of anilines is 1. The van der Waals surface area contributed by atoms with Gasteiger partial charge in [-0.25, -0.2) is 4.79 Å². The molecule has 0 fully saturated rings. The summed E-state index contributed by atoms with van der Waals surface area (Å²) in [6.45, 7) is -0.136. The van der Waals surface area contributed by atoms with E-state index < -0.39 is 29.4 Å². The quantitative estimate of drug-likeness (QED) is 0.892. The van der Waals surface area contributed by atoms with Crippen molar-refractivity contribution in [3.05, 3.63) is 28.8 Å². The Balaban J connectivity index is 2.89. The molecule has 0 spiro atoms. The monoisotopic (exact) mass is 324 g/mol. The summed E-state index contributed by atoms with van der Waals surface area (Å²) >= 11 is 5.62. The summed E-state index contributed by atoms with van der Waals surface area (Å²) in [5.41, 5.74) is -1.52. The molecule has 0 saturated carbocycles. The molecule has 2 N–H and O–H groups in total. The fraction of sp³-hybridized carbons (Fsp3) is 0.333. The van der Waals surface area contributed by atoms with Gasteiger partial charge in [0.25, 0.3) is 0 Å². The minimum Gasteiger partial charge on any atom is -0.481 e. The molecule has 0 bridgehead atoms. The molecule has 116 valence electrons. The Labute approximate surface area is 123 Å². The molecule has 0 saturated heterocycles. The summed E-state index contributed by atoms with van der Waals surface area (Å²) in [4.78, 5) is 23.1. The Bertz CT molecular complexity index is 549. The van der Waals surface area contributed by atoms with Crippen LogP contribution in [0.1, 0.15) is 12.0 Å². The van der Waals surface area contributed by atoms with Crippen molar-refractivity contribution in [3.8, 4) is 0 Å². The average molecular weight is 325 g/mol. The Morgan fingerprint density at radius 2 is 2.00 bits per heavy atom. The fourth-order valence-electron chi connectivity index (χ4n) is 1.44. The normalized spacial score (nSPS) is 11.1. The highest BCUT2D eigenvalue weighted by molar-refractivity contribution is 6.31. The van der Waals surface area contributed by atoms with Gasteiger partial charge in [-0.05, 0) is 18.2 Å². The number of nitrogens with zero attached hydrogens (tertiary/aromatic N) is 1. The molecular weight excluding hydrogens is 313 g/mol. The number of amides is 2. The van der Waals surface area contributed by atoms with Crippen molar-refractivity contribution in [2.24, 2.45) is 0 Å². The first-order valence-electron chi connectivity index (χ1n) is 5.72. The maximum Gasteiger partial charge on any atom is 0.418 e. The number of urea groups is 1. The molecule has 21 heavy (non-hydrogen) atoms. The van der Waals surface area contributed by atoms with E-state index in [2.05, 4.69) is 5.32 Å². The van der Waals surface area contributed by atoms with Crippen molar-refractivity contribution >= 4 is 29.3 Å². The number of alkyl halides is 3. The molecule has 2 amide bonds. The lowest BCUT2D eigenvalue weighted by molar-refractivity contribution is -0.137. The van der Waals surface area contributed by atoms with Crippen molar-refractivity contribution < 1.29 is 27.9 Å². The van der Waals surface area contributed by atoms with Gasteiger partial charge in [-0.3, -0.25) is 4.79 Å². The van der Waals surface area contributed by atoms with E-state index in [0.717, 1.165) is 23.1 Å². The number of aliphatic carboxylic acids is 1. The Morgan fingerprint density at radius 3 is 2.52 bits per heavy atom. The number of hydrogen-bond acceptors (Lipinski definition) is 2. The van der Waals surface area contributed by atoms with Crippen LogP contribution in [0, 0.1) is 0 Å². The first-order valence-corrected chi connectivity index (χ1v) is 6.09. The highest BCUT2D eigenvalue weighted by atomic mass is 35.5. The molecular formula is C12H12ClF3N2O3. The second-order valence-corrected chi connectivity index (χ2v) is 4.62. The molecule has 0 heterocycles. The van der Waals surface area contributed by atoms with E-state index in [1.165, 1.54) is 7.05 Å². The Morgan fingerprint density at radius 1 is 1.38 bits per heavy atom. The van der Waals surface area contributed by atoms with E-state index in [9.17, 15) is 22.8 Å². The van der Waals surface area contributed by atoms with Gasteiger partial charge in [0.05, 0.1) is 17.7 Å². The van der Waals surface area contributed by atoms with Crippen LogP contribution in [0.15, 0.2) is 18.2 Å². The third-order valence-corrected chi connectivity index (χ3v) is 2.77.